The summed E-state index contributed by atoms with van der Waals surface area (Å²) in [6, 6.07) is 13.5. The van der Waals surface area contributed by atoms with Gasteiger partial charge < -0.3 is 14.8 Å². The van der Waals surface area contributed by atoms with Gasteiger partial charge in [-0.2, -0.15) is 8.78 Å². The van der Waals surface area contributed by atoms with Crippen molar-refractivity contribution in [3.63, 3.8) is 0 Å². The monoisotopic (exact) mass is 321 g/mol. The molecule has 2 rings (SSSR count). The van der Waals surface area contributed by atoms with Crippen molar-refractivity contribution >= 4 is 5.91 Å². The zero-order valence-electron chi connectivity index (χ0n) is 12.6. The molecule has 1 amide bonds. The van der Waals surface area contributed by atoms with Gasteiger partial charge in [-0.1, -0.05) is 30.3 Å². The Bertz CT molecular complexity index is 662. The van der Waals surface area contributed by atoms with Crippen LogP contribution in [0.2, 0.25) is 0 Å². The smallest absolute Gasteiger partial charge is 0.387 e. The van der Waals surface area contributed by atoms with Gasteiger partial charge in [-0.25, -0.2) is 0 Å². The molecule has 4 nitrogen and oxygen atoms in total. The highest BCUT2D eigenvalue weighted by atomic mass is 19.3. The number of halogens is 2. The highest BCUT2D eigenvalue weighted by molar-refractivity contribution is 5.78. The molecule has 0 unspecified atom stereocenters. The number of benzene rings is 2. The van der Waals surface area contributed by atoms with Crippen molar-refractivity contribution in [2.24, 2.45) is 0 Å². The van der Waals surface area contributed by atoms with Crippen molar-refractivity contribution in [1.82, 2.24) is 5.32 Å². The van der Waals surface area contributed by atoms with E-state index in [-0.39, 0.29) is 24.6 Å². The zero-order chi connectivity index (χ0) is 16.7. The number of rotatable bonds is 7. The lowest BCUT2D eigenvalue weighted by Gasteiger charge is -2.11. The summed E-state index contributed by atoms with van der Waals surface area (Å²) in [5.41, 5.74) is 1.30. The molecule has 2 aromatic rings. The van der Waals surface area contributed by atoms with Crippen molar-refractivity contribution in [3.8, 4) is 11.5 Å². The van der Waals surface area contributed by atoms with Crippen LogP contribution in [0.5, 0.6) is 11.5 Å². The summed E-state index contributed by atoms with van der Waals surface area (Å²) in [5, 5.41) is 2.69. The first-order chi connectivity index (χ1) is 11.1. The number of hydrogen-bond acceptors (Lipinski definition) is 3. The molecule has 122 valence electrons. The fraction of sp³-hybridized carbons (Fsp3) is 0.235. The van der Waals surface area contributed by atoms with Crippen molar-refractivity contribution in [2.45, 2.75) is 19.6 Å². The van der Waals surface area contributed by atoms with Crippen LogP contribution in [0.15, 0.2) is 48.5 Å². The largest absolute Gasteiger partial charge is 0.497 e. The van der Waals surface area contributed by atoms with E-state index < -0.39 is 6.61 Å². The molecule has 0 radical (unpaired) electrons. The lowest BCUT2D eigenvalue weighted by molar-refractivity contribution is -0.120. The Balaban J connectivity index is 1.94. The molecule has 0 heterocycles. The molecule has 0 spiro atoms. The summed E-state index contributed by atoms with van der Waals surface area (Å²) in [6.45, 7) is -2.78. The van der Waals surface area contributed by atoms with Crippen molar-refractivity contribution in [3.05, 3.63) is 59.7 Å². The van der Waals surface area contributed by atoms with Crippen molar-refractivity contribution in [1.29, 1.82) is 0 Å². The van der Waals surface area contributed by atoms with Crippen LogP contribution in [0, 0.1) is 0 Å². The summed E-state index contributed by atoms with van der Waals surface area (Å²) < 4.78 is 34.2. The maximum absolute atomic E-state index is 12.3. The molecule has 0 aliphatic heterocycles. The molecule has 0 aliphatic carbocycles. The first-order valence-corrected chi connectivity index (χ1v) is 7.01. The summed E-state index contributed by atoms with van der Waals surface area (Å²) in [7, 11) is 1.55. The van der Waals surface area contributed by atoms with E-state index in [1.807, 2.05) is 6.07 Å². The van der Waals surface area contributed by atoms with E-state index in [0.717, 1.165) is 5.56 Å². The van der Waals surface area contributed by atoms with E-state index in [1.165, 1.54) is 6.07 Å². The minimum atomic E-state index is -2.90. The van der Waals surface area contributed by atoms with Crippen LogP contribution < -0.4 is 14.8 Å². The van der Waals surface area contributed by atoms with Crippen LogP contribution in [0.4, 0.5) is 8.78 Å². The molecule has 6 heteroatoms. The minimum absolute atomic E-state index is 0.0594. The van der Waals surface area contributed by atoms with E-state index in [4.69, 9.17) is 4.74 Å². The molecule has 0 aliphatic rings. The molecule has 2 aromatic carbocycles. The number of amides is 1. The first-order valence-electron chi connectivity index (χ1n) is 7.01. The van der Waals surface area contributed by atoms with Crippen molar-refractivity contribution in [2.75, 3.05) is 7.11 Å². The Morgan fingerprint density at radius 3 is 2.70 bits per heavy atom. The van der Waals surface area contributed by atoms with Gasteiger partial charge in [0.05, 0.1) is 13.5 Å². The lowest BCUT2D eigenvalue weighted by atomic mass is 10.1. The average Bonchev–Trinajstić information content (AvgIpc) is 2.53. The maximum Gasteiger partial charge on any atom is 0.387 e. The molecule has 0 saturated carbocycles. The second-order valence-corrected chi connectivity index (χ2v) is 4.79. The minimum Gasteiger partial charge on any atom is -0.497 e. The molecule has 0 bridgehead atoms. The van der Waals surface area contributed by atoms with Gasteiger partial charge in [0.15, 0.2) is 0 Å². The molecular formula is C17H17F2NO3. The first kappa shape index (κ1) is 16.7. The lowest BCUT2D eigenvalue weighted by Crippen LogP contribution is -2.25. The number of carbonyl (C=O) groups is 1. The van der Waals surface area contributed by atoms with Gasteiger partial charge in [0.1, 0.15) is 11.5 Å². The zero-order valence-corrected chi connectivity index (χ0v) is 12.6. The van der Waals surface area contributed by atoms with Crippen LogP contribution in [0.1, 0.15) is 11.1 Å². The number of ether oxygens (including phenoxy) is 2. The van der Waals surface area contributed by atoms with Gasteiger partial charge in [-0.05, 0) is 23.8 Å². The predicted molar refractivity (Wildman–Crippen MR) is 81.6 cm³/mol. The van der Waals surface area contributed by atoms with Crippen molar-refractivity contribution < 1.29 is 23.0 Å². The number of nitrogens with one attached hydrogen (secondary N) is 1. The van der Waals surface area contributed by atoms with Gasteiger partial charge in [-0.3, -0.25) is 4.79 Å². The summed E-state index contributed by atoms with van der Waals surface area (Å²) >= 11 is 0. The predicted octanol–water partition coefficient (Wildman–Crippen LogP) is 3.16. The molecule has 1 N–H and O–H groups in total. The molecule has 0 saturated heterocycles. The van der Waals surface area contributed by atoms with Crippen LogP contribution in [0.25, 0.3) is 0 Å². The Morgan fingerprint density at radius 1 is 1.17 bits per heavy atom. The van der Waals surface area contributed by atoms with Gasteiger partial charge in [0, 0.05) is 12.1 Å². The Hall–Kier alpha value is -2.63. The van der Waals surface area contributed by atoms with E-state index in [0.29, 0.717) is 11.3 Å². The Labute approximate surface area is 133 Å². The quantitative estimate of drug-likeness (QED) is 0.852. The van der Waals surface area contributed by atoms with E-state index in [9.17, 15) is 13.6 Å². The van der Waals surface area contributed by atoms with Crippen LogP contribution in [0.3, 0.4) is 0 Å². The average molecular weight is 321 g/mol. The standard InChI is InChI=1S/C17H17F2NO3/c1-22-14-7-4-5-12(9-14)10-16(21)20-11-13-6-2-3-8-15(13)23-17(18)19/h2-9,17H,10-11H2,1H3,(H,20,21). The highest BCUT2D eigenvalue weighted by Gasteiger charge is 2.10. The van der Waals surface area contributed by atoms with E-state index in [2.05, 4.69) is 10.1 Å². The topological polar surface area (TPSA) is 47.6 Å². The van der Waals surface area contributed by atoms with Gasteiger partial charge in [0.25, 0.3) is 0 Å². The SMILES string of the molecule is COc1cccc(CC(=O)NCc2ccccc2OC(F)F)c1. The summed E-state index contributed by atoms with van der Waals surface area (Å²) in [6.07, 6.45) is 0.176. The van der Waals surface area contributed by atoms with E-state index in [1.54, 1.807) is 43.5 Å². The number of carbonyl (C=O) groups excluding carboxylic acids is 1. The maximum atomic E-state index is 12.3. The normalized spacial score (nSPS) is 10.4. The Morgan fingerprint density at radius 2 is 1.96 bits per heavy atom. The molecule has 0 aromatic heterocycles. The van der Waals surface area contributed by atoms with Gasteiger partial charge in [0.2, 0.25) is 5.91 Å². The third kappa shape index (κ3) is 5.25. The summed E-state index contributed by atoms with van der Waals surface area (Å²) in [4.78, 5) is 12.0. The van der Waals surface area contributed by atoms with Crippen LogP contribution in [-0.2, 0) is 17.8 Å². The molecule has 23 heavy (non-hydrogen) atoms. The molecule has 0 fully saturated rings. The molecule has 0 atom stereocenters. The summed E-state index contributed by atoms with van der Waals surface area (Å²) in [5.74, 6) is 0.514. The Kier molecular flexibility index (Phi) is 5.91. The van der Waals surface area contributed by atoms with E-state index >= 15 is 0 Å². The fourth-order valence-electron chi connectivity index (χ4n) is 2.08. The second-order valence-electron chi connectivity index (χ2n) is 4.79. The third-order valence-corrected chi connectivity index (χ3v) is 3.16. The fourth-order valence-corrected chi connectivity index (χ4v) is 2.08. The van der Waals surface area contributed by atoms with Gasteiger partial charge in [-0.15, -0.1) is 0 Å². The second kappa shape index (κ2) is 8.12. The van der Waals surface area contributed by atoms with Crippen LogP contribution in [-0.4, -0.2) is 19.6 Å². The number of hydrogen-bond donors (Lipinski definition) is 1. The third-order valence-electron chi connectivity index (χ3n) is 3.16. The highest BCUT2D eigenvalue weighted by Crippen LogP contribution is 2.20. The van der Waals surface area contributed by atoms with Gasteiger partial charge >= 0.3 is 6.61 Å². The molecular weight excluding hydrogens is 304 g/mol. The number of methoxy groups -OCH3 is 1. The van der Waals surface area contributed by atoms with Crippen LogP contribution >= 0.6 is 0 Å². The number of alkyl halides is 2. The number of para-hydroxylation sites is 1.